The Morgan fingerprint density at radius 1 is 1.53 bits per heavy atom. The lowest BCUT2D eigenvalue weighted by Gasteiger charge is -2.04. The summed E-state index contributed by atoms with van der Waals surface area (Å²) >= 11 is 0. The van der Waals surface area contributed by atoms with Gasteiger partial charge in [-0.05, 0) is 18.2 Å². The molecule has 1 aromatic rings. The van der Waals surface area contributed by atoms with Gasteiger partial charge in [-0.1, -0.05) is 13.0 Å². The molecule has 0 heterocycles. The second-order valence-corrected chi connectivity index (χ2v) is 5.29. The van der Waals surface area contributed by atoms with Crippen LogP contribution in [0, 0.1) is 11.3 Å². The average Bonchev–Trinajstić information content (AvgIpc) is 2.36. The number of carbonyl (C=O) groups is 1. The van der Waals surface area contributed by atoms with Gasteiger partial charge in [-0.2, -0.15) is 5.26 Å². The number of amides is 1. The Labute approximate surface area is 103 Å². The van der Waals surface area contributed by atoms with Crippen molar-refractivity contribution in [3.05, 3.63) is 29.8 Å². The molecule has 90 valence electrons. The number of nitrogens with zero attached hydrogens (tertiary/aromatic N) is 1. The van der Waals surface area contributed by atoms with Gasteiger partial charge < -0.3 is 5.32 Å². The van der Waals surface area contributed by atoms with Gasteiger partial charge in [-0.3, -0.25) is 9.00 Å². The first-order valence-corrected chi connectivity index (χ1v) is 6.79. The van der Waals surface area contributed by atoms with Crippen molar-refractivity contribution in [3.8, 4) is 6.07 Å². The van der Waals surface area contributed by atoms with Crippen molar-refractivity contribution in [3.63, 3.8) is 0 Å². The summed E-state index contributed by atoms with van der Waals surface area (Å²) in [5.41, 5.74) is 1.09. The Morgan fingerprint density at radius 3 is 2.94 bits per heavy atom. The summed E-state index contributed by atoms with van der Waals surface area (Å²) < 4.78 is 11.2. The molecular weight excluding hydrogens is 236 g/mol. The average molecular weight is 250 g/mol. The third-order valence-corrected chi connectivity index (χ3v) is 3.46. The predicted molar refractivity (Wildman–Crippen MR) is 68.0 cm³/mol. The number of benzene rings is 1. The molecule has 1 atom stereocenters. The summed E-state index contributed by atoms with van der Waals surface area (Å²) in [7, 11) is -0.925. The van der Waals surface area contributed by atoms with E-state index in [9.17, 15) is 9.00 Å². The van der Waals surface area contributed by atoms with Crippen LogP contribution in [-0.2, 0) is 15.6 Å². The van der Waals surface area contributed by atoms with Crippen LogP contribution in [0.1, 0.15) is 18.9 Å². The normalized spacial score (nSPS) is 11.5. The van der Waals surface area contributed by atoms with E-state index in [-0.39, 0.29) is 12.3 Å². The number of anilines is 1. The van der Waals surface area contributed by atoms with E-state index in [4.69, 9.17) is 5.26 Å². The van der Waals surface area contributed by atoms with Crippen molar-refractivity contribution in [1.82, 2.24) is 0 Å². The van der Waals surface area contributed by atoms with Gasteiger partial charge in [-0.25, -0.2) is 0 Å². The van der Waals surface area contributed by atoms with Crippen LogP contribution >= 0.6 is 0 Å². The molecule has 0 aliphatic carbocycles. The van der Waals surface area contributed by atoms with E-state index in [0.29, 0.717) is 22.8 Å². The molecule has 1 unspecified atom stereocenters. The third kappa shape index (κ3) is 4.79. The number of hydrogen-bond donors (Lipinski definition) is 1. The van der Waals surface area contributed by atoms with Gasteiger partial charge in [0, 0.05) is 34.4 Å². The molecule has 1 amide bonds. The fraction of sp³-hybridized carbons (Fsp3) is 0.333. The van der Waals surface area contributed by atoms with Crippen LogP contribution in [-0.4, -0.2) is 21.6 Å². The van der Waals surface area contributed by atoms with Crippen molar-refractivity contribution in [2.75, 3.05) is 16.8 Å². The zero-order chi connectivity index (χ0) is 12.7. The third-order valence-electron chi connectivity index (χ3n) is 2.15. The Hall–Kier alpha value is -1.67. The Kier molecular flexibility index (Phi) is 5.37. The largest absolute Gasteiger partial charge is 0.326 e. The molecule has 1 N–H and O–H groups in total. The number of rotatable bonds is 5. The maximum Gasteiger partial charge on any atom is 0.225 e. The van der Waals surface area contributed by atoms with E-state index in [1.807, 2.05) is 13.0 Å². The zero-order valence-electron chi connectivity index (χ0n) is 9.60. The molecule has 0 bridgehead atoms. The summed E-state index contributed by atoms with van der Waals surface area (Å²) in [5.74, 6) is 0.763. The molecule has 4 nitrogen and oxygen atoms in total. The first kappa shape index (κ1) is 13.4. The second-order valence-electron chi connectivity index (χ2n) is 3.42. The standard InChI is InChI=1S/C12H14N2O2S/c1-2-17(16)7-6-12(15)14-11-5-3-4-10(8-11)9-13/h3-5,8H,2,6-7H2,1H3,(H,14,15). The molecule has 0 aliphatic rings. The lowest BCUT2D eigenvalue weighted by atomic mass is 10.2. The minimum Gasteiger partial charge on any atom is -0.326 e. The number of nitriles is 1. The smallest absolute Gasteiger partial charge is 0.225 e. The molecule has 0 spiro atoms. The van der Waals surface area contributed by atoms with Gasteiger partial charge in [-0.15, -0.1) is 0 Å². The summed E-state index contributed by atoms with van der Waals surface area (Å²) in [6.07, 6.45) is 0.233. The number of nitrogens with one attached hydrogen (secondary N) is 1. The quantitative estimate of drug-likeness (QED) is 0.864. The molecule has 0 aliphatic heterocycles. The lowest BCUT2D eigenvalue weighted by molar-refractivity contribution is -0.115. The van der Waals surface area contributed by atoms with Gasteiger partial charge >= 0.3 is 0 Å². The van der Waals surface area contributed by atoms with Crippen molar-refractivity contribution >= 4 is 22.4 Å². The highest BCUT2D eigenvalue weighted by molar-refractivity contribution is 7.84. The first-order valence-electron chi connectivity index (χ1n) is 5.30. The van der Waals surface area contributed by atoms with Crippen LogP contribution in [0.15, 0.2) is 24.3 Å². The van der Waals surface area contributed by atoms with Crippen molar-refractivity contribution in [2.24, 2.45) is 0 Å². The summed E-state index contributed by atoms with van der Waals surface area (Å²) in [5, 5.41) is 11.4. The Balaban J connectivity index is 2.51. The van der Waals surface area contributed by atoms with Crippen LogP contribution in [0.3, 0.4) is 0 Å². The van der Waals surface area contributed by atoms with E-state index >= 15 is 0 Å². The summed E-state index contributed by atoms with van der Waals surface area (Å²) in [6.45, 7) is 1.82. The van der Waals surface area contributed by atoms with E-state index in [2.05, 4.69) is 5.32 Å². The Morgan fingerprint density at radius 2 is 2.29 bits per heavy atom. The first-order chi connectivity index (χ1) is 8.15. The molecule has 0 fully saturated rings. The number of carbonyl (C=O) groups excluding carboxylic acids is 1. The molecule has 5 heteroatoms. The fourth-order valence-corrected chi connectivity index (χ4v) is 1.94. The zero-order valence-corrected chi connectivity index (χ0v) is 10.4. The highest BCUT2D eigenvalue weighted by Crippen LogP contribution is 2.10. The van der Waals surface area contributed by atoms with E-state index in [1.165, 1.54) is 0 Å². The van der Waals surface area contributed by atoms with E-state index in [1.54, 1.807) is 24.3 Å². The molecular formula is C12H14N2O2S. The van der Waals surface area contributed by atoms with Crippen molar-refractivity contribution in [2.45, 2.75) is 13.3 Å². The van der Waals surface area contributed by atoms with Gasteiger partial charge in [0.15, 0.2) is 0 Å². The van der Waals surface area contributed by atoms with Crippen LogP contribution in [0.25, 0.3) is 0 Å². The molecule has 0 saturated carbocycles. The summed E-state index contributed by atoms with van der Waals surface area (Å²) in [4.78, 5) is 11.5. The fourth-order valence-electron chi connectivity index (χ4n) is 1.24. The van der Waals surface area contributed by atoms with Crippen molar-refractivity contribution < 1.29 is 9.00 Å². The molecule has 0 aromatic heterocycles. The Bertz CT molecular complexity index is 466. The van der Waals surface area contributed by atoms with Crippen LogP contribution in [0.2, 0.25) is 0 Å². The maximum atomic E-state index is 11.5. The second kappa shape index (κ2) is 6.81. The number of hydrogen-bond acceptors (Lipinski definition) is 3. The van der Waals surface area contributed by atoms with Crippen LogP contribution in [0.4, 0.5) is 5.69 Å². The highest BCUT2D eigenvalue weighted by Gasteiger charge is 2.05. The van der Waals surface area contributed by atoms with Crippen LogP contribution < -0.4 is 5.32 Å². The lowest BCUT2D eigenvalue weighted by Crippen LogP contribution is -2.15. The minimum absolute atomic E-state index is 0.179. The highest BCUT2D eigenvalue weighted by atomic mass is 32.2. The monoisotopic (exact) mass is 250 g/mol. The maximum absolute atomic E-state index is 11.5. The summed E-state index contributed by atoms with van der Waals surface area (Å²) in [6, 6.07) is 8.70. The molecule has 17 heavy (non-hydrogen) atoms. The van der Waals surface area contributed by atoms with Gasteiger partial charge in [0.1, 0.15) is 0 Å². The van der Waals surface area contributed by atoms with E-state index < -0.39 is 10.8 Å². The molecule has 0 radical (unpaired) electrons. The van der Waals surface area contributed by atoms with Gasteiger partial charge in [0.2, 0.25) is 5.91 Å². The topological polar surface area (TPSA) is 70.0 Å². The van der Waals surface area contributed by atoms with Crippen molar-refractivity contribution in [1.29, 1.82) is 5.26 Å². The predicted octanol–water partition coefficient (Wildman–Crippen LogP) is 1.66. The minimum atomic E-state index is -0.925. The van der Waals surface area contributed by atoms with Gasteiger partial charge in [0.25, 0.3) is 0 Å². The SMILES string of the molecule is CCS(=O)CCC(=O)Nc1cccc(C#N)c1. The molecule has 1 aromatic carbocycles. The van der Waals surface area contributed by atoms with E-state index in [0.717, 1.165) is 0 Å². The molecule has 0 saturated heterocycles. The van der Waals surface area contributed by atoms with Crippen LogP contribution in [0.5, 0.6) is 0 Å². The molecule has 1 rings (SSSR count). The van der Waals surface area contributed by atoms with Gasteiger partial charge in [0.05, 0.1) is 11.6 Å².